The van der Waals surface area contributed by atoms with Crippen LogP contribution in [0.3, 0.4) is 0 Å². The number of halogens is 2. The molecule has 7 heteroatoms. The summed E-state index contributed by atoms with van der Waals surface area (Å²) >= 11 is 11.6. The Morgan fingerprint density at radius 2 is 1.73 bits per heavy atom. The molecule has 116 valence electrons. The highest BCUT2D eigenvalue weighted by atomic mass is 35.5. The van der Waals surface area contributed by atoms with Crippen LogP contribution in [-0.4, -0.2) is 14.2 Å². The van der Waals surface area contributed by atoms with Gasteiger partial charge >= 0.3 is 10.1 Å². The summed E-state index contributed by atoms with van der Waals surface area (Å²) < 4.78 is 29.7. The molecule has 0 bridgehead atoms. The fourth-order valence-electron chi connectivity index (χ4n) is 1.79. The molecule has 2 aromatic carbocycles. The molecule has 22 heavy (non-hydrogen) atoms. The normalized spacial score (nSPS) is 11.3. The lowest BCUT2D eigenvalue weighted by molar-refractivity contribution is 0.101. The molecule has 0 aromatic heterocycles. The number of Topliss-reactive ketones (excluding diaryl/α,β-unsaturated/α-hetero) is 1. The Hall–Kier alpha value is -1.56. The summed E-state index contributed by atoms with van der Waals surface area (Å²) in [4.78, 5) is 11.4. The van der Waals surface area contributed by atoms with Crippen molar-refractivity contribution in [2.24, 2.45) is 0 Å². The molecule has 0 saturated carbocycles. The van der Waals surface area contributed by atoms with E-state index in [1.807, 2.05) is 0 Å². The molecule has 0 amide bonds. The highest BCUT2D eigenvalue weighted by Crippen LogP contribution is 2.28. The van der Waals surface area contributed by atoms with Crippen LogP contribution in [0.1, 0.15) is 22.8 Å². The molecule has 0 spiro atoms. The number of rotatable bonds is 4. The van der Waals surface area contributed by atoms with Gasteiger partial charge in [-0.15, -0.1) is 0 Å². The zero-order valence-corrected chi connectivity index (χ0v) is 14.1. The van der Waals surface area contributed by atoms with Crippen LogP contribution >= 0.6 is 23.2 Å². The molecule has 0 fully saturated rings. The molecule has 4 nitrogen and oxygen atoms in total. The summed E-state index contributed by atoms with van der Waals surface area (Å²) in [5.41, 5.74) is 0.957. The third-order valence-electron chi connectivity index (χ3n) is 2.90. The molecule has 0 saturated heterocycles. The van der Waals surface area contributed by atoms with Gasteiger partial charge in [0.2, 0.25) is 0 Å². The second-order valence-corrected chi connectivity index (χ2v) is 7.03. The molecule has 0 N–H and O–H groups in total. The maximum absolute atomic E-state index is 12.3. The number of benzene rings is 2. The second kappa shape index (κ2) is 6.28. The Kier molecular flexibility index (Phi) is 4.80. The topological polar surface area (TPSA) is 60.4 Å². The van der Waals surface area contributed by atoms with Crippen molar-refractivity contribution in [1.29, 1.82) is 0 Å². The van der Waals surface area contributed by atoms with Gasteiger partial charge in [0, 0.05) is 0 Å². The van der Waals surface area contributed by atoms with Gasteiger partial charge in [-0.1, -0.05) is 29.3 Å². The van der Waals surface area contributed by atoms with Crippen LogP contribution in [0.5, 0.6) is 5.75 Å². The monoisotopic (exact) mass is 358 g/mol. The number of aryl methyl sites for hydroxylation is 1. The van der Waals surface area contributed by atoms with Gasteiger partial charge in [0.15, 0.2) is 11.5 Å². The maximum Gasteiger partial charge on any atom is 0.339 e. The Balaban J connectivity index is 2.47. The number of carbonyl (C=O) groups excluding carboxylic acids is 1. The number of hydrogen-bond acceptors (Lipinski definition) is 4. The molecular formula is C15H12Cl2O4S. The zero-order valence-electron chi connectivity index (χ0n) is 11.8. The quantitative estimate of drug-likeness (QED) is 0.604. The Labute approximate surface area is 138 Å². The predicted molar refractivity (Wildman–Crippen MR) is 85.5 cm³/mol. The number of hydrogen-bond donors (Lipinski definition) is 0. The summed E-state index contributed by atoms with van der Waals surface area (Å²) in [6, 6.07) is 8.57. The lowest BCUT2D eigenvalue weighted by Gasteiger charge is -2.11. The molecule has 0 unspecified atom stereocenters. The van der Waals surface area contributed by atoms with E-state index in [9.17, 15) is 13.2 Å². The second-order valence-electron chi connectivity index (χ2n) is 4.67. The smallest absolute Gasteiger partial charge is 0.339 e. The van der Waals surface area contributed by atoms with Gasteiger partial charge in [0.25, 0.3) is 0 Å². The van der Waals surface area contributed by atoms with E-state index in [4.69, 9.17) is 27.4 Å². The summed E-state index contributed by atoms with van der Waals surface area (Å²) in [6.07, 6.45) is 0. The minimum absolute atomic E-state index is 0.0152. The van der Waals surface area contributed by atoms with Crippen LogP contribution in [0.15, 0.2) is 41.3 Å². The standard InChI is InChI=1S/C15H12Cl2O4S/c1-9-3-5-12(10(2)18)15(7-9)21-22(19,20)11-4-6-13(16)14(17)8-11/h3-8H,1-2H3. The summed E-state index contributed by atoms with van der Waals surface area (Å²) in [7, 11) is -4.12. The average Bonchev–Trinajstić information content (AvgIpc) is 2.41. The Morgan fingerprint density at radius 1 is 1.05 bits per heavy atom. The van der Waals surface area contributed by atoms with Crippen molar-refractivity contribution >= 4 is 39.1 Å². The Morgan fingerprint density at radius 3 is 2.32 bits per heavy atom. The number of ketones is 1. The molecular weight excluding hydrogens is 347 g/mol. The van der Waals surface area contributed by atoms with Crippen LogP contribution in [0, 0.1) is 6.92 Å². The van der Waals surface area contributed by atoms with Crippen molar-refractivity contribution in [2.45, 2.75) is 18.7 Å². The molecule has 0 aliphatic rings. The highest BCUT2D eigenvalue weighted by Gasteiger charge is 2.21. The van der Waals surface area contributed by atoms with Gasteiger partial charge in [-0.05, 0) is 49.7 Å². The number of carbonyl (C=O) groups is 1. The molecule has 0 aliphatic heterocycles. The van der Waals surface area contributed by atoms with E-state index < -0.39 is 10.1 Å². The first-order valence-electron chi connectivity index (χ1n) is 6.22. The largest absolute Gasteiger partial charge is 0.378 e. The summed E-state index contributed by atoms with van der Waals surface area (Å²) in [5.74, 6) is -0.307. The van der Waals surface area contributed by atoms with E-state index in [-0.39, 0.29) is 32.0 Å². The van der Waals surface area contributed by atoms with E-state index >= 15 is 0 Å². The van der Waals surface area contributed by atoms with Gasteiger partial charge in [-0.3, -0.25) is 4.79 Å². The van der Waals surface area contributed by atoms with Crippen molar-refractivity contribution in [2.75, 3.05) is 0 Å². The van der Waals surface area contributed by atoms with E-state index in [2.05, 4.69) is 0 Å². The first-order chi connectivity index (χ1) is 10.2. The van der Waals surface area contributed by atoms with E-state index in [1.165, 1.54) is 37.3 Å². The van der Waals surface area contributed by atoms with Crippen LogP contribution in [0.2, 0.25) is 10.0 Å². The van der Waals surface area contributed by atoms with Crippen LogP contribution in [0.4, 0.5) is 0 Å². The van der Waals surface area contributed by atoms with E-state index in [1.54, 1.807) is 13.0 Å². The first kappa shape index (κ1) is 16.8. The average molecular weight is 359 g/mol. The van der Waals surface area contributed by atoms with E-state index in [0.29, 0.717) is 0 Å². The van der Waals surface area contributed by atoms with Gasteiger partial charge in [-0.2, -0.15) is 8.42 Å². The lowest BCUT2D eigenvalue weighted by atomic mass is 10.1. The molecule has 0 radical (unpaired) electrons. The molecule has 0 aliphatic carbocycles. The van der Waals surface area contributed by atoms with Crippen molar-refractivity contribution < 1.29 is 17.4 Å². The summed E-state index contributed by atoms with van der Waals surface area (Å²) in [6.45, 7) is 3.10. The van der Waals surface area contributed by atoms with Crippen molar-refractivity contribution in [3.8, 4) is 5.75 Å². The highest BCUT2D eigenvalue weighted by molar-refractivity contribution is 7.87. The third kappa shape index (κ3) is 3.61. The van der Waals surface area contributed by atoms with Crippen LogP contribution in [0.25, 0.3) is 0 Å². The van der Waals surface area contributed by atoms with Crippen molar-refractivity contribution in [3.63, 3.8) is 0 Å². The minimum atomic E-state index is -4.12. The molecule has 0 heterocycles. The fraction of sp³-hybridized carbons (Fsp3) is 0.133. The van der Waals surface area contributed by atoms with Gasteiger partial charge in [0.1, 0.15) is 4.90 Å². The third-order valence-corrected chi connectivity index (χ3v) is 4.86. The molecule has 0 atom stereocenters. The van der Waals surface area contributed by atoms with Gasteiger partial charge in [0.05, 0.1) is 15.6 Å². The molecule has 2 aromatic rings. The molecule has 2 rings (SSSR count). The Bertz CT molecular complexity index is 845. The van der Waals surface area contributed by atoms with Crippen molar-refractivity contribution in [1.82, 2.24) is 0 Å². The fourth-order valence-corrected chi connectivity index (χ4v) is 3.12. The van der Waals surface area contributed by atoms with E-state index in [0.717, 1.165) is 5.56 Å². The first-order valence-corrected chi connectivity index (χ1v) is 8.38. The maximum atomic E-state index is 12.3. The van der Waals surface area contributed by atoms with Crippen LogP contribution in [-0.2, 0) is 10.1 Å². The van der Waals surface area contributed by atoms with Gasteiger partial charge < -0.3 is 4.18 Å². The lowest BCUT2D eigenvalue weighted by Crippen LogP contribution is -2.12. The SMILES string of the molecule is CC(=O)c1ccc(C)cc1OS(=O)(=O)c1ccc(Cl)c(Cl)c1. The van der Waals surface area contributed by atoms with Gasteiger partial charge in [-0.25, -0.2) is 0 Å². The van der Waals surface area contributed by atoms with Crippen LogP contribution < -0.4 is 4.18 Å². The predicted octanol–water partition coefficient (Wildman–Crippen LogP) is 4.27. The zero-order chi connectivity index (χ0) is 16.5. The minimum Gasteiger partial charge on any atom is -0.378 e. The summed E-state index contributed by atoms with van der Waals surface area (Å²) in [5, 5.41) is 0.336. The van der Waals surface area contributed by atoms with Crippen molar-refractivity contribution in [3.05, 3.63) is 57.6 Å².